The van der Waals surface area contributed by atoms with Crippen LogP contribution >= 0.6 is 23.2 Å². The summed E-state index contributed by atoms with van der Waals surface area (Å²) in [6, 6.07) is 5.15. The Kier molecular flexibility index (Phi) is 6.26. The summed E-state index contributed by atoms with van der Waals surface area (Å²) in [5.74, 6) is 0.940. The highest BCUT2D eigenvalue weighted by molar-refractivity contribution is 6.18. The lowest BCUT2D eigenvalue weighted by molar-refractivity contribution is -0.137. The highest BCUT2D eigenvalue weighted by Gasteiger charge is 2.29. The van der Waals surface area contributed by atoms with E-state index in [0.717, 1.165) is 17.7 Å². The maximum atomic E-state index is 12.4. The fraction of sp³-hybridized carbons (Fsp3) is 0.500. The number of rotatable bonds is 6. The van der Waals surface area contributed by atoms with Crippen molar-refractivity contribution in [3.63, 3.8) is 0 Å². The average molecular weight is 300 g/mol. The van der Waals surface area contributed by atoms with Crippen LogP contribution in [0.3, 0.4) is 0 Å². The van der Waals surface area contributed by atoms with E-state index >= 15 is 0 Å². The Morgan fingerprint density at radius 1 is 0.944 bits per heavy atom. The van der Waals surface area contributed by atoms with Crippen molar-refractivity contribution in [2.75, 3.05) is 24.8 Å². The third-order valence-corrected chi connectivity index (χ3v) is 2.83. The lowest BCUT2D eigenvalue weighted by Gasteiger charge is -2.20. The molecule has 0 spiro atoms. The number of hydrogen-bond donors (Lipinski definition) is 0. The SMILES string of the molecule is FC(F)(F)c1ccc(CN(CCCl)CCCl)cc1. The van der Waals surface area contributed by atoms with Gasteiger partial charge in [0.15, 0.2) is 0 Å². The molecule has 102 valence electrons. The van der Waals surface area contributed by atoms with Gasteiger partial charge >= 0.3 is 6.18 Å². The van der Waals surface area contributed by atoms with Crippen LogP contribution in [0.25, 0.3) is 0 Å². The van der Waals surface area contributed by atoms with Gasteiger partial charge in [-0.15, -0.1) is 23.2 Å². The molecule has 0 unspecified atom stereocenters. The molecule has 0 heterocycles. The Bertz CT molecular complexity index is 345. The van der Waals surface area contributed by atoms with E-state index in [4.69, 9.17) is 23.2 Å². The average Bonchev–Trinajstić information content (AvgIpc) is 2.29. The summed E-state index contributed by atoms with van der Waals surface area (Å²) in [6.07, 6.45) is -4.29. The summed E-state index contributed by atoms with van der Waals surface area (Å²) in [5.41, 5.74) is 0.186. The second-order valence-electron chi connectivity index (χ2n) is 3.85. The number of halogens is 5. The van der Waals surface area contributed by atoms with Crippen molar-refractivity contribution in [3.05, 3.63) is 35.4 Å². The maximum absolute atomic E-state index is 12.4. The molecule has 0 aliphatic heterocycles. The zero-order chi connectivity index (χ0) is 13.6. The summed E-state index contributed by atoms with van der Waals surface area (Å²) in [6.45, 7) is 1.88. The van der Waals surface area contributed by atoms with Crippen molar-refractivity contribution in [1.82, 2.24) is 4.90 Å². The first-order valence-electron chi connectivity index (χ1n) is 5.48. The number of nitrogens with zero attached hydrogens (tertiary/aromatic N) is 1. The van der Waals surface area contributed by atoms with Crippen molar-refractivity contribution in [2.24, 2.45) is 0 Å². The molecular formula is C12H14Cl2F3N. The van der Waals surface area contributed by atoms with Crippen LogP contribution in [0.1, 0.15) is 11.1 Å². The van der Waals surface area contributed by atoms with Crippen LogP contribution in [0.4, 0.5) is 13.2 Å². The van der Waals surface area contributed by atoms with Gasteiger partial charge in [-0.1, -0.05) is 12.1 Å². The third-order valence-electron chi connectivity index (χ3n) is 2.49. The van der Waals surface area contributed by atoms with Crippen LogP contribution < -0.4 is 0 Å². The minimum atomic E-state index is -4.29. The van der Waals surface area contributed by atoms with Crippen LogP contribution in [0.15, 0.2) is 24.3 Å². The third kappa shape index (κ3) is 5.04. The molecule has 1 nitrogen and oxygen atoms in total. The number of benzene rings is 1. The Hall–Kier alpha value is -0.450. The molecule has 0 N–H and O–H groups in total. The number of hydrogen-bond acceptors (Lipinski definition) is 1. The van der Waals surface area contributed by atoms with Gasteiger partial charge in [-0.05, 0) is 17.7 Å². The Morgan fingerprint density at radius 2 is 1.44 bits per heavy atom. The predicted molar refractivity (Wildman–Crippen MR) is 68.2 cm³/mol. The molecule has 0 aromatic heterocycles. The van der Waals surface area contributed by atoms with Crippen LogP contribution in [-0.4, -0.2) is 29.7 Å². The molecular weight excluding hydrogens is 286 g/mol. The van der Waals surface area contributed by atoms with E-state index in [1.807, 2.05) is 4.90 Å². The fourth-order valence-electron chi connectivity index (χ4n) is 1.57. The van der Waals surface area contributed by atoms with Gasteiger partial charge in [-0.3, -0.25) is 4.90 Å². The normalized spacial score (nSPS) is 12.1. The summed E-state index contributed by atoms with van der Waals surface area (Å²) in [4.78, 5) is 2.00. The predicted octanol–water partition coefficient (Wildman–Crippen LogP) is 3.99. The molecule has 0 fully saturated rings. The molecule has 1 aromatic carbocycles. The van der Waals surface area contributed by atoms with E-state index in [1.165, 1.54) is 12.1 Å². The van der Waals surface area contributed by atoms with Crippen LogP contribution in [0.5, 0.6) is 0 Å². The van der Waals surface area contributed by atoms with E-state index in [-0.39, 0.29) is 0 Å². The molecule has 0 saturated carbocycles. The quantitative estimate of drug-likeness (QED) is 0.718. The highest BCUT2D eigenvalue weighted by Crippen LogP contribution is 2.29. The van der Waals surface area contributed by atoms with Crippen molar-refractivity contribution >= 4 is 23.2 Å². The zero-order valence-electron chi connectivity index (χ0n) is 9.68. The fourth-order valence-corrected chi connectivity index (χ4v) is 2.04. The molecule has 1 rings (SSSR count). The molecule has 0 aliphatic rings. The van der Waals surface area contributed by atoms with E-state index in [2.05, 4.69) is 0 Å². The highest BCUT2D eigenvalue weighted by atomic mass is 35.5. The summed E-state index contributed by atoms with van der Waals surface area (Å²) in [7, 11) is 0. The minimum Gasteiger partial charge on any atom is -0.297 e. The van der Waals surface area contributed by atoms with Gasteiger partial charge in [0.05, 0.1) is 5.56 Å². The molecule has 0 radical (unpaired) electrons. The molecule has 6 heteroatoms. The van der Waals surface area contributed by atoms with Crippen molar-refractivity contribution in [1.29, 1.82) is 0 Å². The van der Waals surface area contributed by atoms with E-state index in [9.17, 15) is 13.2 Å². The van der Waals surface area contributed by atoms with E-state index in [0.29, 0.717) is 31.4 Å². The van der Waals surface area contributed by atoms with Crippen molar-refractivity contribution in [3.8, 4) is 0 Å². The summed E-state index contributed by atoms with van der Waals surface area (Å²) in [5, 5.41) is 0. The molecule has 0 atom stereocenters. The molecule has 0 amide bonds. The largest absolute Gasteiger partial charge is 0.416 e. The second kappa shape index (κ2) is 7.22. The molecule has 18 heavy (non-hydrogen) atoms. The van der Waals surface area contributed by atoms with Gasteiger partial charge in [-0.2, -0.15) is 13.2 Å². The minimum absolute atomic E-state index is 0.470. The van der Waals surface area contributed by atoms with Gasteiger partial charge in [0.2, 0.25) is 0 Å². The molecule has 1 aromatic rings. The van der Waals surface area contributed by atoms with E-state index in [1.54, 1.807) is 0 Å². The summed E-state index contributed by atoms with van der Waals surface area (Å²) < 4.78 is 37.1. The van der Waals surface area contributed by atoms with E-state index < -0.39 is 11.7 Å². The maximum Gasteiger partial charge on any atom is 0.416 e. The standard InChI is InChI=1S/C12H14Cl2F3N/c13-5-7-18(8-6-14)9-10-1-3-11(4-2-10)12(15,16)17/h1-4H,5-9H2. The molecule has 0 saturated heterocycles. The van der Waals surface area contributed by atoms with Crippen LogP contribution in [-0.2, 0) is 12.7 Å². The first-order chi connectivity index (χ1) is 8.47. The topological polar surface area (TPSA) is 3.24 Å². The van der Waals surface area contributed by atoms with Gasteiger partial charge in [0.1, 0.15) is 0 Å². The molecule has 0 aliphatic carbocycles. The smallest absolute Gasteiger partial charge is 0.297 e. The van der Waals surface area contributed by atoms with Gasteiger partial charge in [0, 0.05) is 31.4 Å². The van der Waals surface area contributed by atoms with Crippen molar-refractivity contribution < 1.29 is 13.2 Å². The Morgan fingerprint density at radius 3 is 1.83 bits per heavy atom. The first-order valence-corrected chi connectivity index (χ1v) is 6.54. The lowest BCUT2D eigenvalue weighted by Crippen LogP contribution is -2.27. The van der Waals surface area contributed by atoms with Gasteiger partial charge < -0.3 is 0 Å². The Balaban J connectivity index is 2.67. The number of alkyl halides is 5. The lowest BCUT2D eigenvalue weighted by atomic mass is 10.1. The summed E-state index contributed by atoms with van der Waals surface area (Å²) >= 11 is 11.3. The van der Waals surface area contributed by atoms with Crippen LogP contribution in [0, 0.1) is 0 Å². The zero-order valence-corrected chi connectivity index (χ0v) is 11.2. The second-order valence-corrected chi connectivity index (χ2v) is 4.60. The molecule has 0 bridgehead atoms. The first kappa shape index (κ1) is 15.6. The Labute approximate surface area is 114 Å². The van der Waals surface area contributed by atoms with Gasteiger partial charge in [-0.25, -0.2) is 0 Å². The van der Waals surface area contributed by atoms with Crippen LogP contribution in [0.2, 0.25) is 0 Å². The van der Waals surface area contributed by atoms with Gasteiger partial charge in [0.25, 0.3) is 0 Å². The van der Waals surface area contributed by atoms with Crippen molar-refractivity contribution in [2.45, 2.75) is 12.7 Å². The monoisotopic (exact) mass is 299 g/mol.